The zero-order valence-corrected chi connectivity index (χ0v) is 11.4. The van der Waals surface area contributed by atoms with Gasteiger partial charge in [0.25, 0.3) is 5.56 Å². The van der Waals surface area contributed by atoms with E-state index in [0.717, 1.165) is 10.8 Å². The molecule has 108 valence electrons. The predicted octanol–water partition coefficient (Wildman–Crippen LogP) is -0.896. The van der Waals surface area contributed by atoms with E-state index in [0.29, 0.717) is 5.56 Å². The number of aromatic amines is 1. The van der Waals surface area contributed by atoms with Crippen molar-refractivity contribution >= 4 is 10.0 Å². The molecule has 9 heteroatoms. The molecule has 21 heavy (non-hydrogen) atoms. The van der Waals surface area contributed by atoms with Gasteiger partial charge in [-0.05, 0) is 17.7 Å². The van der Waals surface area contributed by atoms with Crippen molar-refractivity contribution in [3.05, 3.63) is 62.4 Å². The van der Waals surface area contributed by atoms with Crippen molar-refractivity contribution < 1.29 is 8.42 Å². The summed E-state index contributed by atoms with van der Waals surface area (Å²) in [5.41, 5.74) is -0.978. The molecule has 0 bridgehead atoms. The molecule has 0 unspecified atom stereocenters. The van der Waals surface area contributed by atoms with Crippen LogP contribution in [0, 0.1) is 11.3 Å². The number of hydrogen-bond donors (Lipinski definition) is 2. The molecule has 2 aromatic rings. The number of nitriles is 1. The fourth-order valence-electron chi connectivity index (χ4n) is 1.69. The highest BCUT2D eigenvalue weighted by Crippen LogP contribution is 2.09. The Labute approximate surface area is 119 Å². The number of nitrogens with zero attached hydrogens (tertiary/aromatic N) is 2. The van der Waals surface area contributed by atoms with Crippen LogP contribution < -0.4 is 16.4 Å². The number of sulfonamides is 1. The summed E-state index contributed by atoms with van der Waals surface area (Å²) in [5, 5.41) is 13.7. The first-order chi connectivity index (χ1) is 9.81. The van der Waals surface area contributed by atoms with E-state index in [9.17, 15) is 18.0 Å². The zero-order chi connectivity index (χ0) is 15.6. The second-order valence-corrected chi connectivity index (χ2v) is 5.79. The van der Waals surface area contributed by atoms with Crippen LogP contribution in [0.2, 0.25) is 0 Å². The Morgan fingerprint density at radius 3 is 2.38 bits per heavy atom. The Kier molecular flexibility index (Phi) is 3.75. The highest BCUT2D eigenvalue weighted by Gasteiger charge is 2.08. The third-order valence-electron chi connectivity index (χ3n) is 2.74. The molecule has 0 aliphatic rings. The molecule has 0 spiro atoms. The fourth-order valence-corrected chi connectivity index (χ4v) is 2.20. The monoisotopic (exact) mass is 306 g/mol. The minimum Gasteiger partial charge on any atom is -0.295 e. The van der Waals surface area contributed by atoms with Gasteiger partial charge in [-0.3, -0.25) is 14.3 Å². The van der Waals surface area contributed by atoms with Gasteiger partial charge in [-0.15, -0.1) is 0 Å². The van der Waals surface area contributed by atoms with Crippen LogP contribution in [-0.2, 0) is 16.6 Å². The third kappa shape index (κ3) is 3.25. The van der Waals surface area contributed by atoms with Crippen molar-refractivity contribution in [2.24, 2.45) is 5.14 Å². The third-order valence-corrected chi connectivity index (χ3v) is 3.67. The molecular formula is C12H10N4O4S. The normalized spacial score (nSPS) is 11.0. The lowest BCUT2D eigenvalue weighted by Gasteiger charge is -2.06. The SMILES string of the molecule is N#Cc1cn(Cc2ccc(S(N)(=O)=O)cc2)c(=O)[nH]c1=O. The van der Waals surface area contributed by atoms with Gasteiger partial charge in [-0.1, -0.05) is 12.1 Å². The Morgan fingerprint density at radius 1 is 1.24 bits per heavy atom. The minimum absolute atomic E-state index is 0.0437. The maximum absolute atomic E-state index is 11.6. The molecule has 2 rings (SSSR count). The first-order valence-electron chi connectivity index (χ1n) is 5.67. The first kappa shape index (κ1) is 14.7. The van der Waals surface area contributed by atoms with E-state index >= 15 is 0 Å². The molecule has 0 saturated heterocycles. The van der Waals surface area contributed by atoms with Gasteiger partial charge in [0.15, 0.2) is 0 Å². The standard InChI is InChI=1S/C12H10N4O4S/c13-5-9-7-16(12(18)15-11(9)17)6-8-1-3-10(4-2-8)21(14,19)20/h1-4,7H,6H2,(H2,14,19,20)(H,15,17,18). The summed E-state index contributed by atoms with van der Waals surface area (Å²) in [6.45, 7) is 0.0786. The van der Waals surface area contributed by atoms with Crippen LogP contribution in [0.15, 0.2) is 44.9 Å². The minimum atomic E-state index is -3.78. The van der Waals surface area contributed by atoms with Gasteiger partial charge in [0.05, 0.1) is 11.4 Å². The Balaban J connectivity index is 2.38. The van der Waals surface area contributed by atoms with Gasteiger partial charge in [0, 0.05) is 6.20 Å². The topological polar surface area (TPSA) is 139 Å². The van der Waals surface area contributed by atoms with Crippen molar-refractivity contribution in [1.82, 2.24) is 9.55 Å². The summed E-state index contributed by atoms with van der Waals surface area (Å²) in [5.74, 6) is 0. The number of primary sulfonamides is 1. The molecule has 0 aliphatic carbocycles. The second-order valence-electron chi connectivity index (χ2n) is 4.23. The number of hydrogen-bond acceptors (Lipinski definition) is 5. The molecule has 0 atom stereocenters. The quantitative estimate of drug-likeness (QED) is 0.756. The van der Waals surface area contributed by atoms with Crippen LogP contribution in [0.1, 0.15) is 11.1 Å². The number of benzene rings is 1. The summed E-state index contributed by atoms with van der Waals surface area (Å²) in [6.07, 6.45) is 1.15. The maximum atomic E-state index is 11.6. The van der Waals surface area contributed by atoms with Crippen molar-refractivity contribution in [2.75, 3.05) is 0 Å². The van der Waals surface area contributed by atoms with E-state index < -0.39 is 21.3 Å². The Bertz CT molecular complexity index is 933. The fraction of sp³-hybridized carbons (Fsp3) is 0.0833. The molecule has 1 aromatic carbocycles. The van der Waals surface area contributed by atoms with Crippen molar-refractivity contribution in [3.63, 3.8) is 0 Å². The molecule has 1 heterocycles. The lowest BCUT2D eigenvalue weighted by Crippen LogP contribution is -2.31. The summed E-state index contributed by atoms with van der Waals surface area (Å²) in [4.78, 5) is 24.9. The van der Waals surface area contributed by atoms with Gasteiger partial charge in [-0.25, -0.2) is 18.4 Å². The van der Waals surface area contributed by atoms with Crippen LogP contribution in [0.5, 0.6) is 0 Å². The number of H-pyrrole nitrogens is 1. The molecule has 1 aromatic heterocycles. The number of rotatable bonds is 3. The van der Waals surface area contributed by atoms with E-state index in [1.807, 2.05) is 4.98 Å². The highest BCUT2D eigenvalue weighted by atomic mass is 32.2. The lowest BCUT2D eigenvalue weighted by molar-refractivity contribution is 0.597. The average molecular weight is 306 g/mol. The van der Waals surface area contributed by atoms with Crippen molar-refractivity contribution in [1.29, 1.82) is 5.26 Å². The molecule has 0 radical (unpaired) electrons. The van der Waals surface area contributed by atoms with Crippen LogP contribution in [-0.4, -0.2) is 18.0 Å². The smallest absolute Gasteiger partial charge is 0.295 e. The lowest BCUT2D eigenvalue weighted by atomic mass is 10.2. The van der Waals surface area contributed by atoms with Gasteiger partial charge >= 0.3 is 5.69 Å². The van der Waals surface area contributed by atoms with E-state index in [1.165, 1.54) is 24.3 Å². The highest BCUT2D eigenvalue weighted by molar-refractivity contribution is 7.89. The summed E-state index contributed by atoms with van der Waals surface area (Å²) in [7, 11) is -3.78. The summed E-state index contributed by atoms with van der Waals surface area (Å²) < 4.78 is 23.4. The molecule has 0 saturated carbocycles. The van der Waals surface area contributed by atoms with E-state index in [-0.39, 0.29) is 17.0 Å². The average Bonchev–Trinajstić information content (AvgIpc) is 2.41. The van der Waals surface area contributed by atoms with Crippen LogP contribution >= 0.6 is 0 Å². The Hall–Kier alpha value is -2.70. The van der Waals surface area contributed by atoms with Crippen LogP contribution in [0.4, 0.5) is 0 Å². The van der Waals surface area contributed by atoms with Crippen LogP contribution in [0.25, 0.3) is 0 Å². The maximum Gasteiger partial charge on any atom is 0.328 e. The molecule has 3 N–H and O–H groups in total. The first-order valence-corrected chi connectivity index (χ1v) is 7.21. The van der Waals surface area contributed by atoms with Gasteiger partial charge in [-0.2, -0.15) is 5.26 Å². The second kappa shape index (κ2) is 5.35. The largest absolute Gasteiger partial charge is 0.328 e. The summed E-state index contributed by atoms with van der Waals surface area (Å²) in [6, 6.07) is 7.28. The van der Waals surface area contributed by atoms with Gasteiger partial charge < -0.3 is 0 Å². The molecule has 0 aliphatic heterocycles. The van der Waals surface area contributed by atoms with Crippen molar-refractivity contribution in [3.8, 4) is 6.07 Å². The van der Waals surface area contributed by atoms with Crippen molar-refractivity contribution in [2.45, 2.75) is 11.4 Å². The Morgan fingerprint density at radius 2 is 1.86 bits per heavy atom. The summed E-state index contributed by atoms with van der Waals surface area (Å²) >= 11 is 0. The predicted molar refractivity (Wildman–Crippen MR) is 73.0 cm³/mol. The molecule has 0 fully saturated rings. The number of nitrogens with two attached hydrogens (primary N) is 1. The molecule has 8 nitrogen and oxygen atoms in total. The molecule has 0 amide bonds. The zero-order valence-electron chi connectivity index (χ0n) is 10.6. The van der Waals surface area contributed by atoms with Gasteiger partial charge in [0.2, 0.25) is 10.0 Å². The van der Waals surface area contributed by atoms with E-state index in [1.54, 1.807) is 6.07 Å². The number of aromatic nitrogens is 2. The van der Waals surface area contributed by atoms with E-state index in [2.05, 4.69) is 0 Å². The van der Waals surface area contributed by atoms with Crippen LogP contribution in [0.3, 0.4) is 0 Å². The van der Waals surface area contributed by atoms with E-state index in [4.69, 9.17) is 10.4 Å². The number of nitrogens with one attached hydrogen (secondary N) is 1. The molecular weight excluding hydrogens is 296 g/mol. The van der Waals surface area contributed by atoms with Gasteiger partial charge in [0.1, 0.15) is 11.6 Å².